The minimum Gasteiger partial charge on any atom is -0.396 e. The normalized spacial score (nSPS) is 34.4. The fourth-order valence-electron chi connectivity index (χ4n) is 3.13. The van der Waals surface area contributed by atoms with Gasteiger partial charge in [-0.15, -0.1) is 0 Å². The highest BCUT2D eigenvalue weighted by Gasteiger charge is 2.44. The molecule has 2 heteroatoms. The molecule has 0 heterocycles. The van der Waals surface area contributed by atoms with E-state index in [0.717, 1.165) is 6.42 Å². The quantitative estimate of drug-likeness (QED) is 0.805. The maximum Gasteiger partial charge on any atom is 0.0721 e. The molecular weight excluding hydrogens is 212 g/mol. The Kier molecular flexibility index (Phi) is 3.00. The minimum atomic E-state index is 0.204. The highest BCUT2D eigenvalue weighted by atomic mass is 16.5. The maximum absolute atomic E-state index is 9.44. The molecule has 0 saturated heterocycles. The van der Waals surface area contributed by atoms with Crippen LogP contribution in [0.1, 0.15) is 12.0 Å². The fourth-order valence-corrected chi connectivity index (χ4v) is 3.13. The Bertz CT molecular complexity index is 399. The van der Waals surface area contributed by atoms with Crippen LogP contribution in [-0.4, -0.2) is 17.8 Å². The van der Waals surface area contributed by atoms with Gasteiger partial charge in [0.15, 0.2) is 0 Å². The summed E-state index contributed by atoms with van der Waals surface area (Å²) in [5.41, 5.74) is 1.20. The Morgan fingerprint density at radius 1 is 1.12 bits per heavy atom. The second-order valence-electron chi connectivity index (χ2n) is 5.06. The van der Waals surface area contributed by atoms with Gasteiger partial charge in [0.1, 0.15) is 0 Å². The molecule has 3 rings (SSSR count). The van der Waals surface area contributed by atoms with Crippen LogP contribution in [0.15, 0.2) is 42.5 Å². The number of rotatable bonds is 4. The SMILES string of the molecule is OC[C@@H]1[C@@H](OCc2ccccc2)[C@@H]2C=C[C@H]1C2. The summed E-state index contributed by atoms with van der Waals surface area (Å²) in [5.74, 6) is 1.35. The first-order valence-corrected chi connectivity index (χ1v) is 6.33. The number of aliphatic hydroxyl groups is 1. The summed E-state index contributed by atoms with van der Waals surface area (Å²) in [6.07, 6.45) is 5.86. The molecule has 1 aromatic carbocycles. The second-order valence-corrected chi connectivity index (χ2v) is 5.06. The van der Waals surface area contributed by atoms with Gasteiger partial charge in [-0.05, 0) is 17.9 Å². The van der Waals surface area contributed by atoms with Crippen molar-refractivity contribution in [3.05, 3.63) is 48.0 Å². The van der Waals surface area contributed by atoms with Crippen LogP contribution >= 0.6 is 0 Å². The van der Waals surface area contributed by atoms with E-state index in [9.17, 15) is 5.11 Å². The highest BCUT2D eigenvalue weighted by Crippen LogP contribution is 2.45. The van der Waals surface area contributed by atoms with Gasteiger partial charge in [0, 0.05) is 18.4 Å². The van der Waals surface area contributed by atoms with Crippen LogP contribution in [0.5, 0.6) is 0 Å². The van der Waals surface area contributed by atoms with E-state index in [1.807, 2.05) is 18.2 Å². The van der Waals surface area contributed by atoms with Crippen molar-refractivity contribution in [1.29, 1.82) is 0 Å². The molecule has 0 spiro atoms. The summed E-state index contributed by atoms with van der Waals surface area (Å²) in [5, 5.41) is 9.44. The summed E-state index contributed by atoms with van der Waals surface area (Å²) < 4.78 is 6.02. The van der Waals surface area contributed by atoms with Crippen LogP contribution in [0.4, 0.5) is 0 Å². The third kappa shape index (κ3) is 2.03. The Balaban J connectivity index is 1.64. The molecule has 0 aromatic heterocycles. The Morgan fingerprint density at radius 3 is 2.65 bits per heavy atom. The number of fused-ring (bicyclic) bond motifs is 2. The zero-order chi connectivity index (χ0) is 11.7. The van der Waals surface area contributed by atoms with Gasteiger partial charge in [-0.25, -0.2) is 0 Å². The summed E-state index contributed by atoms with van der Waals surface area (Å²) in [4.78, 5) is 0. The van der Waals surface area contributed by atoms with Crippen molar-refractivity contribution in [3.63, 3.8) is 0 Å². The molecule has 17 heavy (non-hydrogen) atoms. The molecule has 2 bridgehead atoms. The molecule has 1 N–H and O–H groups in total. The van der Waals surface area contributed by atoms with Crippen LogP contribution in [0.25, 0.3) is 0 Å². The minimum absolute atomic E-state index is 0.204. The van der Waals surface area contributed by atoms with Crippen LogP contribution in [0.2, 0.25) is 0 Å². The second kappa shape index (κ2) is 4.63. The molecule has 1 fully saturated rings. The lowest BCUT2D eigenvalue weighted by Crippen LogP contribution is -2.30. The number of hydrogen-bond acceptors (Lipinski definition) is 2. The van der Waals surface area contributed by atoms with E-state index in [4.69, 9.17) is 4.74 Å². The van der Waals surface area contributed by atoms with E-state index in [1.165, 1.54) is 5.56 Å². The molecular formula is C15H18O2. The van der Waals surface area contributed by atoms with E-state index < -0.39 is 0 Å². The number of benzene rings is 1. The average Bonchev–Trinajstić information content (AvgIpc) is 2.97. The average molecular weight is 230 g/mol. The van der Waals surface area contributed by atoms with Crippen molar-refractivity contribution in [2.45, 2.75) is 19.1 Å². The monoisotopic (exact) mass is 230 g/mol. The zero-order valence-electron chi connectivity index (χ0n) is 9.83. The van der Waals surface area contributed by atoms with Gasteiger partial charge in [-0.1, -0.05) is 42.5 Å². The van der Waals surface area contributed by atoms with Gasteiger partial charge in [-0.2, -0.15) is 0 Å². The molecule has 2 nitrogen and oxygen atoms in total. The molecule has 1 aromatic rings. The third-order valence-electron chi connectivity index (χ3n) is 4.04. The Morgan fingerprint density at radius 2 is 1.88 bits per heavy atom. The molecule has 2 aliphatic rings. The van der Waals surface area contributed by atoms with E-state index in [-0.39, 0.29) is 12.7 Å². The van der Waals surface area contributed by atoms with Crippen molar-refractivity contribution in [1.82, 2.24) is 0 Å². The molecule has 0 aliphatic heterocycles. The van der Waals surface area contributed by atoms with E-state index in [0.29, 0.717) is 24.4 Å². The number of ether oxygens (including phenoxy) is 1. The van der Waals surface area contributed by atoms with Gasteiger partial charge in [-0.3, -0.25) is 0 Å². The van der Waals surface area contributed by atoms with Crippen molar-refractivity contribution in [3.8, 4) is 0 Å². The van der Waals surface area contributed by atoms with Crippen molar-refractivity contribution < 1.29 is 9.84 Å². The van der Waals surface area contributed by atoms with Gasteiger partial charge < -0.3 is 9.84 Å². The first kappa shape index (κ1) is 11.0. The van der Waals surface area contributed by atoms with E-state index in [2.05, 4.69) is 24.3 Å². The van der Waals surface area contributed by atoms with Crippen LogP contribution in [0, 0.1) is 17.8 Å². The molecule has 2 aliphatic carbocycles. The first-order valence-electron chi connectivity index (χ1n) is 6.33. The van der Waals surface area contributed by atoms with Crippen molar-refractivity contribution in [2.24, 2.45) is 17.8 Å². The molecule has 4 atom stereocenters. The molecule has 0 amide bonds. The van der Waals surface area contributed by atoms with Crippen LogP contribution in [0.3, 0.4) is 0 Å². The predicted molar refractivity (Wildman–Crippen MR) is 66.3 cm³/mol. The summed E-state index contributed by atoms with van der Waals surface area (Å²) in [6.45, 7) is 0.893. The summed E-state index contributed by atoms with van der Waals surface area (Å²) in [7, 11) is 0. The largest absolute Gasteiger partial charge is 0.396 e. The topological polar surface area (TPSA) is 29.5 Å². The predicted octanol–water partition coefficient (Wildman–Crippen LogP) is 2.39. The smallest absolute Gasteiger partial charge is 0.0721 e. The van der Waals surface area contributed by atoms with Gasteiger partial charge in [0.05, 0.1) is 12.7 Å². The molecule has 0 radical (unpaired) electrons. The maximum atomic E-state index is 9.44. The first-order chi connectivity index (χ1) is 8.38. The Labute approximate surface area is 102 Å². The van der Waals surface area contributed by atoms with Crippen molar-refractivity contribution in [2.75, 3.05) is 6.61 Å². The third-order valence-corrected chi connectivity index (χ3v) is 4.04. The van der Waals surface area contributed by atoms with Crippen molar-refractivity contribution >= 4 is 0 Å². The summed E-state index contributed by atoms with van der Waals surface area (Å²) >= 11 is 0. The fraction of sp³-hybridized carbons (Fsp3) is 0.467. The molecule has 1 saturated carbocycles. The number of allylic oxidation sites excluding steroid dienone is 1. The van der Waals surface area contributed by atoms with E-state index >= 15 is 0 Å². The van der Waals surface area contributed by atoms with Crippen LogP contribution < -0.4 is 0 Å². The Hall–Kier alpha value is -1.12. The van der Waals surface area contributed by atoms with Crippen LogP contribution in [-0.2, 0) is 11.3 Å². The molecule has 0 unspecified atom stereocenters. The number of aliphatic hydroxyl groups excluding tert-OH is 1. The van der Waals surface area contributed by atoms with Gasteiger partial charge in [0.25, 0.3) is 0 Å². The lowest BCUT2D eigenvalue weighted by molar-refractivity contribution is -0.0228. The lowest BCUT2D eigenvalue weighted by atomic mass is 9.92. The summed E-state index contributed by atoms with van der Waals surface area (Å²) in [6, 6.07) is 10.2. The highest BCUT2D eigenvalue weighted by molar-refractivity contribution is 5.16. The standard InChI is InChI=1S/C15H18O2/c16-9-14-12-6-7-13(8-12)15(14)17-10-11-4-2-1-3-5-11/h1-7,12-16H,8-10H2/t12-,13+,14-,15-/m0/s1. The van der Waals surface area contributed by atoms with E-state index in [1.54, 1.807) is 0 Å². The zero-order valence-corrected chi connectivity index (χ0v) is 9.83. The van der Waals surface area contributed by atoms with Gasteiger partial charge in [0.2, 0.25) is 0 Å². The molecule has 90 valence electrons. The number of hydrogen-bond donors (Lipinski definition) is 1. The van der Waals surface area contributed by atoms with Gasteiger partial charge >= 0.3 is 0 Å². The lowest BCUT2D eigenvalue weighted by Gasteiger charge is -2.26.